The minimum Gasteiger partial charge on any atom is -0.387 e. The van der Waals surface area contributed by atoms with Crippen molar-refractivity contribution in [2.75, 3.05) is 12.4 Å². The standard InChI is InChI=1S/C6H11BrO4/c1-10-6-5(9)4(8)3(2-7)11-6/h3-6,8-9H,2H2,1H3/t3-,4-,5-,6+/m1/s1. The van der Waals surface area contributed by atoms with Crippen LogP contribution < -0.4 is 0 Å². The SMILES string of the molecule is CO[C@H]1O[C@H](CBr)[C@@H](O)[C@H]1O. The van der Waals surface area contributed by atoms with E-state index in [2.05, 4.69) is 15.9 Å². The van der Waals surface area contributed by atoms with Crippen molar-refractivity contribution in [2.24, 2.45) is 0 Å². The molecule has 1 rings (SSSR count). The maximum Gasteiger partial charge on any atom is 0.186 e. The molecule has 0 bridgehead atoms. The first-order valence-electron chi connectivity index (χ1n) is 3.31. The molecule has 1 aliphatic rings. The molecule has 11 heavy (non-hydrogen) atoms. The van der Waals surface area contributed by atoms with Crippen LogP contribution in [0, 0.1) is 0 Å². The summed E-state index contributed by atoms with van der Waals surface area (Å²) in [6.07, 6.45) is -2.88. The first-order valence-corrected chi connectivity index (χ1v) is 4.43. The van der Waals surface area contributed by atoms with E-state index in [1.54, 1.807) is 0 Å². The van der Waals surface area contributed by atoms with Gasteiger partial charge in [0.2, 0.25) is 0 Å². The third kappa shape index (κ3) is 1.73. The molecule has 1 aliphatic heterocycles. The van der Waals surface area contributed by atoms with Crippen molar-refractivity contribution in [2.45, 2.75) is 24.6 Å². The fourth-order valence-corrected chi connectivity index (χ4v) is 1.57. The Kier molecular flexibility index (Phi) is 3.27. The highest BCUT2D eigenvalue weighted by Gasteiger charge is 2.42. The molecule has 0 aromatic carbocycles. The predicted molar refractivity (Wildman–Crippen MR) is 41.5 cm³/mol. The lowest BCUT2D eigenvalue weighted by atomic mass is 10.2. The number of hydrogen-bond acceptors (Lipinski definition) is 4. The molecule has 0 aliphatic carbocycles. The zero-order valence-corrected chi connectivity index (χ0v) is 7.69. The third-order valence-electron chi connectivity index (χ3n) is 1.70. The molecule has 1 saturated heterocycles. The monoisotopic (exact) mass is 226 g/mol. The van der Waals surface area contributed by atoms with E-state index in [1.807, 2.05) is 0 Å². The van der Waals surface area contributed by atoms with Crippen LogP contribution in [0.25, 0.3) is 0 Å². The van der Waals surface area contributed by atoms with Crippen LogP contribution in [0.2, 0.25) is 0 Å². The van der Waals surface area contributed by atoms with Gasteiger partial charge in [0, 0.05) is 12.4 Å². The Bertz CT molecular complexity index is 114. The van der Waals surface area contributed by atoms with E-state index in [9.17, 15) is 10.2 Å². The molecule has 0 aromatic heterocycles. The molecule has 0 aromatic rings. The van der Waals surface area contributed by atoms with Gasteiger partial charge in [-0.2, -0.15) is 0 Å². The largest absolute Gasteiger partial charge is 0.387 e. The van der Waals surface area contributed by atoms with Gasteiger partial charge in [0.25, 0.3) is 0 Å². The highest BCUT2D eigenvalue weighted by atomic mass is 79.9. The summed E-state index contributed by atoms with van der Waals surface area (Å²) in [5, 5.41) is 19.0. The van der Waals surface area contributed by atoms with Gasteiger partial charge in [0.1, 0.15) is 12.2 Å². The normalized spacial score (nSPS) is 44.7. The van der Waals surface area contributed by atoms with E-state index in [1.165, 1.54) is 7.11 Å². The van der Waals surface area contributed by atoms with Gasteiger partial charge in [0.15, 0.2) is 6.29 Å². The van der Waals surface area contributed by atoms with Crippen LogP contribution in [0.4, 0.5) is 0 Å². The topological polar surface area (TPSA) is 58.9 Å². The molecule has 5 heteroatoms. The molecule has 0 amide bonds. The first-order chi connectivity index (χ1) is 5.20. The van der Waals surface area contributed by atoms with Crippen LogP contribution in [-0.4, -0.2) is 47.3 Å². The van der Waals surface area contributed by atoms with E-state index in [-0.39, 0.29) is 6.10 Å². The van der Waals surface area contributed by atoms with Gasteiger partial charge in [0.05, 0.1) is 6.10 Å². The summed E-state index contributed by atoms with van der Waals surface area (Å²) >= 11 is 3.15. The van der Waals surface area contributed by atoms with Gasteiger partial charge in [-0.25, -0.2) is 0 Å². The van der Waals surface area contributed by atoms with E-state index < -0.39 is 18.5 Å². The molecule has 0 spiro atoms. The van der Waals surface area contributed by atoms with E-state index in [0.717, 1.165) is 0 Å². The van der Waals surface area contributed by atoms with E-state index in [0.29, 0.717) is 5.33 Å². The second-order valence-electron chi connectivity index (χ2n) is 2.41. The van der Waals surface area contributed by atoms with Gasteiger partial charge in [-0.3, -0.25) is 0 Å². The highest BCUT2D eigenvalue weighted by molar-refractivity contribution is 9.09. The van der Waals surface area contributed by atoms with Crippen LogP contribution in [0.1, 0.15) is 0 Å². The van der Waals surface area contributed by atoms with Crippen LogP contribution in [-0.2, 0) is 9.47 Å². The van der Waals surface area contributed by atoms with Gasteiger partial charge >= 0.3 is 0 Å². The smallest absolute Gasteiger partial charge is 0.186 e. The van der Waals surface area contributed by atoms with Crippen molar-refractivity contribution in [3.8, 4) is 0 Å². The van der Waals surface area contributed by atoms with Crippen LogP contribution >= 0.6 is 15.9 Å². The minimum atomic E-state index is -0.942. The Balaban J connectivity index is 2.53. The zero-order chi connectivity index (χ0) is 8.43. The Hall–Kier alpha value is 0.320. The highest BCUT2D eigenvalue weighted by Crippen LogP contribution is 2.22. The fourth-order valence-electron chi connectivity index (χ4n) is 1.04. The molecule has 1 fully saturated rings. The van der Waals surface area contributed by atoms with Gasteiger partial charge in [-0.15, -0.1) is 0 Å². The van der Waals surface area contributed by atoms with Crippen LogP contribution in [0.15, 0.2) is 0 Å². The lowest BCUT2D eigenvalue weighted by Gasteiger charge is -2.11. The van der Waals surface area contributed by atoms with Crippen molar-refractivity contribution in [3.05, 3.63) is 0 Å². The number of aliphatic hydroxyl groups excluding tert-OH is 2. The summed E-state index contributed by atoms with van der Waals surface area (Å²) in [5.74, 6) is 0. The third-order valence-corrected chi connectivity index (χ3v) is 2.34. The molecule has 2 N–H and O–H groups in total. The van der Waals surface area contributed by atoms with Crippen LogP contribution in [0.3, 0.4) is 0 Å². The molecule has 4 nitrogen and oxygen atoms in total. The average molecular weight is 227 g/mol. The number of methoxy groups -OCH3 is 1. The van der Waals surface area contributed by atoms with Gasteiger partial charge < -0.3 is 19.7 Å². The van der Waals surface area contributed by atoms with Crippen molar-refractivity contribution in [1.82, 2.24) is 0 Å². The second-order valence-corrected chi connectivity index (χ2v) is 3.06. The summed E-state index contributed by atoms with van der Waals surface area (Å²) in [6.45, 7) is 0. The zero-order valence-electron chi connectivity index (χ0n) is 6.11. The molecular formula is C6H11BrO4. The fraction of sp³-hybridized carbons (Fsp3) is 1.00. The van der Waals surface area contributed by atoms with Crippen molar-refractivity contribution in [1.29, 1.82) is 0 Å². The minimum absolute atomic E-state index is 0.380. The summed E-state index contributed by atoms with van der Waals surface area (Å²) in [5.41, 5.74) is 0. The van der Waals surface area contributed by atoms with Crippen molar-refractivity contribution < 1.29 is 19.7 Å². The summed E-state index contributed by atoms with van der Waals surface area (Å²) < 4.78 is 9.89. The molecule has 0 unspecified atom stereocenters. The summed E-state index contributed by atoms with van der Waals surface area (Å²) in [6, 6.07) is 0. The Labute approximate surface area is 73.2 Å². The van der Waals surface area contributed by atoms with Crippen LogP contribution in [0.5, 0.6) is 0 Å². The van der Waals surface area contributed by atoms with E-state index in [4.69, 9.17) is 9.47 Å². The summed E-state index contributed by atoms with van der Waals surface area (Å²) in [7, 11) is 1.43. The lowest BCUT2D eigenvalue weighted by molar-refractivity contribution is -0.145. The lowest BCUT2D eigenvalue weighted by Crippen LogP contribution is -2.33. The number of hydrogen-bond donors (Lipinski definition) is 2. The maximum absolute atomic E-state index is 9.27. The summed E-state index contributed by atoms with van der Waals surface area (Å²) in [4.78, 5) is 0. The molecule has 0 saturated carbocycles. The van der Waals surface area contributed by atoms with Gasteiger partial charge in [-0.1, -0.05) is 15.9 Å². The first kappa shape index (κ1) is 9.41. The number of halogens is 1. The van der Waals surface area contributed by atoms with Gasteiger partial charge in [-0.05, 0) is 0 Å². The average Bonchev–Trinajstić information content (AvgIpc) is 2.30. The molecule has 66 valence electrons. The second kappa shape index (κ2) is 3.82. The number of rotatable bonds is 2. The quantitative estimate of drug-likeness (QED) is 0.623. The molecular weight excluding hydrogens is 216 g/mol. The number of alkyl halides is 1. The van der Waals surface area contributed by atoms with E-state index >= 15 is 0 Å². The number of ether oxygens (including phenoxy) is 2. The molecule has 1 heterocycles. The Morgan fingerprint density at radius 1 is 1.45 bits per heavy atom. The van der Waals surface area contributed by atoms with Crippen molar-refractivity contribution in [3.63, 3.8) is 0 Å². The Morgan fingerprint density at radius 2 is 2.09 bits per heavy atom. The maximum atomic E-state index is 9.27. The van der Waals surface area contributed by atoms with Crippen molar-refractivity contribution >= 4 is 15.9 Å². The Morgan fingerprint density at radius 3 is 2.36 bits per heavy atom. The molecule has 0 radical (unpaired) electrons. The number of aliphatic hydroxyl groups is 2. The predicted octanol–water partition coefficient (Wildman–Crippen LogP) is -0.526. The molecule has 4 atom stereocenters.